The molecular weight excluding hydrogens is 240 g/mol. The van der Waals surface area contributed by atoms with E-state index in [-0.39, 0.29) is 5.54 Å². The molecule has 0 atom stereocenters. The van der Waals surface area contributed by atoms with Crippen molar-refractivity contribution in [1.82, 2.24) is 4.98 Å². The highest BCUT2D eigenvalue weighted by Crippen LogP contribution is 2.39. The summed E-state index contributed by atoms with van der Waals surface area (Å²) in [6, 6.07) is 0. The fraction of sp³-hybridized carbons (Fsp3) is 0.800. The fourth-order valence-electron chi connectivity index (χ4n) is 3.50. The topological polar surface area (TPSA) is 38.9 Å². The quantitative estimate of drug-likeness (QED) is 0.808. The molecule has 18 heavy (non-hydrogen) atoms. The smallest absolute Gasteiger partial charge is 0.113 e. The van der Waals surface area contributed by atoms with Gasteiger partial charge in [0.15, 0.2) is 0 Å². The van der Waals surface area contributed by atoms with E-state index in [4.69, 9.17) is 10.7 Å². The van der Waals surface area contributed by atoms with Crippen LogP contribution in [0, 0.1) is 0 Å². The van der Waals surface area contributed by atoms with E-state index in [1.807, 2.05) is 11.3 Å². The lowest BCUT2D eigenvalue weighted by atomic mass is 9.92. The van der Waals surface area contributed by atoms with Gasteiger partial charge < -0.3 is 5.73 Å². The summed E-state index contributed by atoms with van der Waals surface area (Å²) < 4.78 is 0. The minimum Gasteiger partial charge on any atom is -0.319 e. The summed E-state index contributed by atoms with van der Waals surface area (Å²) in [5.41, 5.74) is 7.86. The van der Waals surface area contributed by atoms with Crippen LogP contribution in [0.5, 0.6) is 0 Å². The molecule has 0 aromatic carbocycles. The first-order valence-corrected chi connectivity index (χ1v) is 8.41. The van der Waals surface area contributed by atoms with Crippen LogP contribution in [0.25, 0.3) is 0 Å². The molecule has 1 heterocycles. The van der Waals surface area contributed by atoms with Crippen LogP contribution in [0.15, 0.2) is 5.38 Å². The van der Waals surface area contributed by atoms with Crippen molar-refractivity contribution in [3.63, 3.8) is 0 Å². The SMILES string of the molecule is NC1(c2nc(C3CCCC3)cs2)CCCCCC1. The number of aromatic nitrogens is 1. The van der Waals surface area contributed by atoms with E-state index in [0.717, 1.165) is 18.8 Å². The van der Waals surface area contributed by atoms with Gasteiger partial charge >= 0.3 is 0 Å². The Kier molecular flexibility index (Phi) is 3.71. The van der Waals surface area contributed by atoms with Crippen LogP contribution < -0.4 is 5.73 Å². The Morgan fingerprint density at radius 3 is 2.39 bits per heavy atom. The normalized spacial score (nSPS) is 25.2. The molecule has 3 rings (SSSR count). The molecule has 2 nitrogen and oxygen atoms in total. The van der Waals surface area contributed by atoms with E-state index in [0.29, 0.717) is 0 Å². The summed E-state index contributed by atoms with van der Waals surface area (Å²) in [6.07, 6.45) is 12.9. The largest absolute Gasteiger partial charge is 0.319 e. The lowest BCUT2D eigenvalue weighted by molar-refractivity contribution is 0.382. The van der Waals surface area contributed by atoms with Gasteiger partial charge in [-0.2, -0.15) is 0 Å². The molecule has 0 bridgehead atoms. The van der Waals surface area contributed by atoms with Gasteiger partial charge in [0.25, 0.3) is 0 Å². The van der Waals surface area contributed by atoms with Gasteiger partial charge in [0.2, 0.25) is 0 Å². The number of nitrogens with two attached hydrogens (primary N) is 1. The Hall–Kier alpha value is -0.410. The molecule has 100 valence electrons. The maximum atomic E-state index is 6.64. The van der Waals surface area contributed by atoms with E-state index < -0.39 is 0 Å². The molecule has 0 aliphatic heterocycles. The highest BCUT2D eigenvalue weighted by molar-refractivity contribution is 7.09. The number of nitrogens with zero attached hydrogens (tertiary/aromatic N) is 1. The van der Waals surface area contributed by atoms with Crippen molar-refractivity contribution in [3.8, 4) is 0 Å². The van der Waals surface area contributed by atoms with E-state index in [2.05, 4.69) is 5.38 Å². The third-order valence-corrected chi connectivity index (χ3v) is 5.80. The van der Waals surface area contributed by atoms with Gasteiger partial charge in [-0.1, -0.05) is 38.5 Å². The van der Waals surface area contributed by atoms with Gasteiger partial charge in [-0.05, 0) is 25.7 Å². The number of rotatable bonds is 2. The summed E-state index contributed by atoms with van der Waals surface area (Å²) in [6.45, 7) is 0. The van der Waals surface area contributed by atoms with Gasteiger partial charge in [-0.25, -0.2) is 4.98 Å². The standard InChI is InChI=1S/C15H24N2S/c16-15(9-5-1-2-6-10-15)14-17-13(11-18-14)12-7-3-4-8-12/h11-12H,1-10,16H2. The summed E-state index contributed by atoms with van der Waals surface area (Å²) in [7, 11) is 0. The molecule has 2 aliphatic carbocycles. The van der Waals surface area contributed by atoms with Crippen LogP contribution in [-0.4, -0.2) is 4.98 Å². The van der Waals surface area contributed by atoms with E-state index >= 15 is 0 Å². The number of hydrogen-bond donors (Lipinski definition) is 1. The molecule has 1 aromatic rings. The minimum absolute atomic E-state index is 0.113. The van der Waals surface area contributed by atoms with Crippen LogP contribution in [0.2, 0.25) is 0 Å². The van der Waals surface area contributed by atoms with Crippen LogP contribution in [0.4, 0.5) is 0 Å². The number of thiazole rings is 1. The predicted molar refractivity (Wildman–Crippen MR) is 76.9 cm³/mol. The van der Waals surface area contributed by atoms with Gasteiger partial charge in [0.05, 0.1) is 11.2 Å². The highest BCUT2D eigenvalue weighted by Gasteiger charge is 2.32. The van der Waals surface area contributed by atoms with Crippen LogP contribution >= 0.6 is 11.3 Å². The van der Waals surface area contributed by atoms with E-state index in [9.17, 15) is 0 Å². The first-order chi connectivity index (χ1) is 8.78. The van der Waals surface area contributed by atoms with Gasteiger partial charge in [0.1, 0.15) is 5.01 Å². The minimum atomic E-state index is -0.113. The molecular formula is C15H24N2S. The van der Waals surface area contributed by atoms with Gasteiger partial charge in [-0.15, -0.1) is 11.3 Å². The van der Waals surface area contributed by atoms with Gasteiger partial charge in [0, 0.05) is 11.3 Å². The Labute approximate surface area is 114 Å². The zero-order valence-electron chi connectivity index (χ0n) is 11.2. The number of hydrogen-bond acceptors (Lipinski definition) is 3. The molecule has 2 N–H and O–H groups in total. The average Bonchev–Trinajstić information content (AvgIpc) is 3.00. The zero-order chi connectivity index (χ0) is 12.4. The van der Waals surface area contributed by atoms with Crippen LogP contribution in [-0.2, 0) is 5.54 Å². The average molecular weight is 264 g/mol. The second kappa shape index (κ2) is 5.30. The van der Waals surface area contributed by atoms with E-state index in [1.165, 1.54) is 62.1 Å². The maximum absolute atomic E-state index is 6.64. The van der Waals surface area contributed by atoms with E-state index in [1.54, 1.807) is 0 Å². The molecule has 2 saturated carbocycles. The maximum Gasteiger partial charge on any atom is 0.113 e. The lowest BCUT2D eigenvalue weighted by Gasteiger charge is -2.25. The third-order valence-electron chi connectivity index (χ3n) is 4.72. The summed E-state index contributed by atoms with van der Waals surface area (Å²) in [4.78, 5) is 4.92. The van der Waals surface area contributed by atoms with Crippen molar-refractivity contribution in [1.29, 1.82) is 0 Å². The van der Waals surface area contributed by atoms with Crippen molar-refractivity contribution in [2.24, 2.45) is 5.73 Å². The van der Waals surface area contributed by atoms with Gasteiger partial charge in [-0.3, -0.25) is 0 Å². The summed E-state index contributed by atoms with van der Waals surface area (Å²) >= 11 is 1.81. The van der Waals surface area contributed by atoms with Crippen molar-refractivity contribution in [3.05, 3.63) is 16.1 Å². The second-order valence-corrected chi connectivity index (χ2v) is 6.99. The second-order valence-electron chi connectivity index (χ2n) is 6.13. The van der Waals surface area contributed by atoms with Crippen LogP contribution in [0.3, 0.4) is 0 Å². The molecule has 3 heteroatoms. The highest BCUT2D eigenvalue weighted by atomic mass is 32.1. The van der Waals surface area contributed by atoms with Crippen molar-refractivity contribution in [2.75, 3.05) is 0 Å². The van der Waals surface area contributed by atoms with Crippen LogP contribution in [0.1, 0.15) is 80.8 Å². The molecule has 0 amide bonds. The first-order valence-electron chi connectivity index (χ1n) is 7.53. The molecule has 0 unspecified atom stereocenters. The predicted octanol–water partition coefficient (Wildman–Crippen LogP) is 4.31. The molecule has 0 spiro atoms. The fourth-order valence-corrected chi connectivity index (χ4v) is 4.57. The summed E-state index contributed by atoms with van der Waals surface area (Å²) in [5, 5.41) is 3.50. The Morgan fingerprint density at radius 1 is 1.06 bits per heavy atom. The molecule has 2 fully saturated rings. The molecule has 0 saturated heterocycles. The molecule has 2 aliphatic rings. The first kappa shape index (κ1) is 12.6. The Morgan fingerprint density at radius 2 is 1.72 bits per heavy atom. The van der Waals surface area contributed by atoms with Crippen molar-refractivity contribution < 1.29 is 0 Å². The third kappa shape index (κ3) is 2.48. The monoisotopic (exact) mass is 264 g/mol. The lowest BCUT2D eigenvalue weighted by Crippen LogP contribution is -2.35. The van der Waals surface area contributed by atoms with Crippen molar-refractivity contribution >= 4 is 11.3 Å². The molecule has 0 radical (unpaired) electrons. The Bertz CT molecular complexity index is 385. The summed E-state index contributed by atoms with van der Waals surface area (Å²) in [5.74, 6) is 0.726. The van der Waals surface area contributed by atoms with Crippen molar-refractivity contribution in [2.45, 2.75) is 75.7 Å². The zero-order valence-corrected chi connectivity index (χ0v) is 12.0. The Balaban J connectivity index is 1.78. The molecule has 1 aromatic heterocycles.